The van der Waals surface area contributed by atoms with Gasteiger partial charge in [-0.3, -0.25) is 10.9 Å². The molecule has 0 fully saturated rings. The molecular formula is C13H10K2N4O6S3. The van der Waals surface area contributed by atoms with Gasteiger partial charge in [0.2, 0.25) is 5.11 Å². The van der Waals surface area contributed by atoms with Gasteiger partial charge in [0.15, 0.2) is 0 Å². The molecule has 0 aliphatic rings. The van der Waals surface area contributed by atoms with Crippen LogP contribution in [0.25, 0.3) is 0 Å². The van der Waals surface area contributed by atoms with Gasteiger partial charge >= 0.3 is 103 Å². The molecule has 0 atom stereocenters. The first-order valence-electron chi connectivity index (χ1n) is 6.65. The van der Waals surface area contributed by atoms with E-state index in [0.717, 1.165) is 24.3 Å². The summed E-state index contributed by atoms with van der Waals surface area (Å²) < 4.78 is 64.9. The second-order valence-corrected chi connectivity index (χ2v) is 7.83. The van der Waals surface area contributed by atoms with E-state index in [1.54, 1.807) is 0 Å². The SMILES string of the molecule is O=S(=O)([O-])c1ccc(N=NC(=S)NNc2ccc(S(=O)(=O)[O-])cc2)cc1.[K+].[K+]. The normalized spacial score (nSPS) is 11.2. The maximum absolute atomic E-state index is 10.8. The van der Waals surface area contributed by atoms with E-state index >= 15 is 0 Å². The van der Waals surface area contributed by atoms with E-state index in [0.29, 0.717) is 5.69 Å². The van der Waals surface area contributed by atoms with Gasteiger partial charge in [-0.2, -0.15) is 0 Å². The minimum absolute atomic E-state index is 0. The van der Waals surface area contributed by atoms with Crippen molar-refractivity contribution in [3.8, 4) is 0 Å². The first kappa shape index (κ1) is 28.8. The summed E-state index contributed by atoms with van der Waals surface area (Å²) in [6.07, 6.45) is 0. The monoisotopic (exact) mass is 492 g/mol. The summed E-state index contributed by atoms with van der Waals surface area (Å²) in [5.41, 5.74) is 5.82. The van der Waals surface area contributed by atoms with Gasteiger partial charge in [0.1, 0.15) is 20.2 Å². The Morgan fingerprint density at radius 3 is 1.68 bits per heavy atom. The Morgan fingerprint density at radius 1 is 0.821 bits per heavy atom. The van der Waals surface area contributed by atoms with Crippen LogP contribution in [0.3, 0.4) is 0 Å². The third-order valence-corrected chi connectivity index (χ3v) is 4.72. The number of benzene rings is 2. The van der Waals surface area contributed by atoms with E-state index in [9.17, 15) is 25.9 Å². The summed E-state index contributed by atoms with van der Waals surface area (Å²) in [6, 6.07) is 9.71. The van der Waals surface area contributed by atoms with Crippen LogP contribution in [0, 0.1) is 0 Å². The number of hydrogen-bond acceptors (Lipinski definition) is 9. The fourth-order valence-corrected chi connectivity index (χ4v) is 2.67. The van der Waals surface area contributed by atoms with E-state index < -0.39 is 20.2 Å². The Labute approximate surface area is 252 Å². The zero-order chi connectivity index (χ0) is 19.4. The predicted molar refractivity (Wildman–Crippen MR) is 92.7 cm³/mol. The van der Waals surface area contributed by atoms with Gasteiger partial charge in [-0.25, -0.2) is 16.8 Å². The van der Waals surface area contributed by atoms with E-state index in [-0.39, 0.29) is 123 Å². The molecule has 2 rings (SSSR count). The van der Waals surface area contributed by atoms with Crippen molar-refractivity contribution in [2.24, 2.45) is 10.2 Å². The van der Waals surface area contributed by atoms with Crippen LogP contribution < -0.4 is 114 Å². The van der Waals surface area contributed by atoms with Crippen LogP contribution in [0.5, 0.6) is 0 Å². The fraction of sp³-hybridized carbons (Fsp3) is 0. The van der Waals surface area contributed by atoms with Gasteiger partial charge in [-0.1, -0.05) is 0 Å². The number of nitrogens with one attached hydrogen (secondary N) is 2. The zero-order valence-corrected chi connectivity index (χ0v) is 23.4. The van der Waals surface area contributed by atoms with E-state index in [2.05, 4.69) is 21.1 Å². The van der Waals surface area contributed by atoms with Gasteiger partial charge in [0.05, 0.1) is 21.2 Å². The average Bonchev–Trinajstić information content (AvgIpc) is 2.57. The quantitative estimate of drug-likeness (QED) is 0.138. The Kier molecular flexibility index (Phi) is 13.0. The molecule has 138 valence electrons. The maximum atomic E-state index is 10.8. The number of rotatable bonds is 5. The molecule has 2 aromatic carbocycles. The topological polar surface area (TPSA) is 163 Å². The molecule has 0 aliphatic carbocycles. The zero-order valence-electron chi connectivity index (χ0n) is 14.7. The van der Waals surface area contributed by atoms with Gasteiger partial charge < -0.3 is 9.11 Å². The standard InChI is InChI=1S/C13H12N4O6S3.2K/c18-25(19,20)11-5-1-9(2-6-11)14-16-13(24)17-15-10-3-7-12(8-4-10)26(21,22)23;;/h1-8,14H,(H,16,24)(H,18,19,20)(H,21,22,23);;/q;2*+1/p-2. The number of hydrogen-bond donors (Lipinski definition) is 2. The van der Waals surface area contributed by atoms with Crippen molar-refractivity contribution in [3.63, 3.8) is 0 Å². The summed E-state index contributed by atoms with van der Waals surface area (Å²) >= 11 is 4.90. The molecule has 0 saturated carbocycles. The third-order valence-electron chi connectivity index (χ3n) is 2.84. The summed E-state index contributed by atoms with van der Waals surface area (Å²) in [7, 11) is -9.05. The van der Waals surface area contributed by atoms with Crippen molar-refractivity contribution in [2.45, 2.75) is 9.79 Å². The van der Waals surface area contributed by atoms with E-state index in [4.69, 9.17) is 12.2 Å². The molecule has 15 heteroatoms. The summed E-state index contributed by atoms with van der Waals surface area (Å²) in [5.74, 6) is 0. The second-order valence-electron chi connectivity index (χ2n) is 4.68. The van der Waals surface area contributed by atoms with Crippen molar-refractivity contribution in [1.82, 2.24) is 5.43 Å². The molecule has 0 aromatic heterocycles. The van der Waals surface area contributed by atoms with Crippen molar-refractivity contribution in [2.75, 3.05) is 5.43 Å². The molecule has 0 aliphatic heterocycles. The Morgan fingerprint density at radius 2 is 1.25 bits per heavy atom. The molecule has 2 aromatic rings. The molecule has 10 nitrogen and oxygen atoms in total. The number of hydrazine groups is 1. The minimum atomic E-state index is -4.53. The Hall–Kier alpha value is 0.823. The van der Waals surface area contributed by atoms with Crippen molar-refractivity contribution >= 4 is 48.9 Å². The predicted octanol–water partition coefficient (Wildman–Crippen LogP) is -4.51. The van der Waals surface area contributed by atoms with E-state index in [1.807, 2.05) is 0 Å². The van der Waals surface area contributed by atoms with Crippen molar-refractivity contribution < 1.29 is 129 Å². The molecule has 0 heterocycles. The van der Waals surface area contributed by atoms with Crippen LogP contribution in [-0.4, -0.2) is 31.1 Å². The molecule has 0 saturated heterocycles. The molecule has 0 radical (unpaired) electrons. The molecule has 2 N–H and O–H groups in total. The molecule has 0 bridgehead atoms. The molecule has 0 unspecified atom stereocenters. The summed E-state index contributed by atoms with van der Waals surface area (Å²) in [6.45, 7) is 0. The number of anilines is 1. The van der Waals surface area contributed by atoms with Gasteiger partial charge in [0, 0.05) is 0 Å². The van der Waals surface area contributed by atoms with Crippen LogP contribution in [-0.2, 0) is 20.2 Å². The largest absolute Gasteiger partial charge is 1.00 e. The molecule has 0 amide bonds. The number of nitrogens with zero attached hydrogens (tertiary/aromatic N) is 2. The average molecular weight is 493 g/mol. The first-order valence-corrected chi connectivity index (χ1v) is 9.88. The van der Waals surface area contributed by atoms with Gasteiger partial charge in [-0.15, -0.1) is 10.2 Å². The third kappa shape index (κ3) is 9.75. The molecule has 28 heavy (non-hydrogen) atoms. The van der Waals surface area contributed by atoms with Gasteiger partial charge in [-0.05, 0) is 60.7 Å². The van der Waals surface area contributed by atoms with Crippen molar-refractivity contribution in [3.05, 3.63) is 48.5 Å². The Balaban J connectivity index is 0.00000364. The minimum Gasteiger partial charge on any atom is -0.744 e. The molecule has 0 spiro atoms. The summed E-state index contributed by atoms with van der Waals surface area (Å²) in [4.78, 5) is -0.754. The maximum Gasteiger partial charge on any atom is 1.00 e. The van der Waals surface area contributed by atoms with Crippen molar-refractivity contribution in [1.29, 1.82) is 0 Å². The molecular weight excluding hydrogens is 483 g/mol. The van der Waals surface area contributed by atoms with E-state index in [1.165, 1.54) is 24.3 Å². The van der Waals surface area contributed by atoms with Crippen LogP contribution >= 0.6 is 12.2 Å². The smallest absolute Gasteiger partial charge is 0.744 e. The van der Waals surface area contributed by atoms with Crippen LogP contribution in [0.2, 0.25) is 0 Å². The van der Waals surface area contributed by atoms with Gasteiger partial charge in [0.25, 0.3) is 0 Å². The first-order chi connectivity index (χ1) is 12.1. The van der Waals surface area contributed by atoms with Crippen LogP contribution in [0.1, 0.15) is 0 Å². The summed E-state index contributed by atoms with van der Waals surface area (Å²) in [5, 5.41) is 7.34. The second kappa shape index (κ2) is 12.6. The number of thiocarbonyl (C=S) groups is 1. The fourth-order valence-electron chi connectivity index (χ4n) is 1.64. The Bertz CT molecular complexity index is 1040. The van der Waals surface area contributed by atoms with Crippen LogP contribution in [0.4, 0.5) is 11.4 Å². The number of azo groups is 1. The van der Waals surface area contributed by atoms with Crippen LogP contribution in [0.15, 0.2) is 68.6 Å².